The molecule has 3 aromatic rings. The summed E-state index contributed by atoms with van der Waals surface area (Å²) < 4.78 is 18.3. The first kappa shape index (κ1) is 16.6. The number of benzene rings is 2. The zero-order chi connectivity index (χ0) is 18.1. The number of nitrogens with one attached hydrogen (secondary N) is 1. The molecule has 0 radical (unpaired) electrons. The maximum Gasteiger partial charge on any atom is 0.360 e. The van der Waals surface area contributed by atoms with Gasteiger partial charge in [-0.05, 0) is 49.5 Å². The normalized spacial score (nSPS) is 15.4. The molecule has 1 aromatic heterocycles. The van der Waals surface area contributed by atoms with Crippen molar-refractivity contribution in [2.24, 2.45) is 0 Å². The predicted octanol–water partition coefficient (Wildman–Crippen LogP) is 3.28. The van der Waals surface area contributed by atoms with Crippen molar-refractivity contribution in [1.29, 1.82) is 0 Å². The molecule has 1 fully saturated rings. The second-order valence-corrected chi connectivity index (χ2v) is 6.56. The van der Waals surface area contributed by atoms with Crippen LogP contribution in [0.2, 0.25) is 0 Å². The van der Waals surface area contributed by atoms with Gasteiger partial charge in [-0.1, -0.05) is 6.07 Å². The number of carbonyl (C=O) groups excluding carboxylic acids is 1. The van der Waals surface area contributed by atoms with E-state index >= 15 is 0 Å². The molecule has 1 aliphatic rings. The number of anilines is 1. The molecule has 134 valence electrons. The Morgan fingerprint density at radius 2 is 1.81 bits per heavy atom. The first-order valence-corrected chi connectivity index (χ1v) is 8.63. The van der Waals surface area contributed by atoms with Crippen LogP contribution in [0.1, 0.15) is 10.5 Å². The SMILES string of the molecule is CN1CCN(c2cccc3[nH]c(C(=O)Oc4ccc(F)cc4)cc23)CC1. The average Bonchev–Trinajstić information content (AvgIpc) is 3.09. The molecule has 0 atom stereocenters. The Balaban J connectivity index is 1.60. The number of aromatic amines is 1. The van der Waals surface area contributed by atoms with E-state index in [1.807, 2.05) is 18.2 Å². The van der Waals surface area contributed by atoms with Gasteiger partial charge in [-0.3, -0.25) is 0 Å². The van der Waals surface area contributed by atoms with Crippen molar-refractivity contribution in [2.45, 2.75) is 0 Å². The standard InChI is InChI=1S/C20H20FN3O2/c1-23-9-11-24(12-10-23)19-4-2-3-17-16(19)13-18(22-17)20(25)26-15-7-5-14(21)6-8-15/h2-8,13,22H,9-12H2,1H3. The van der Waals surface area contributed by atoms with Crippen LogP contribution in [-0.2, 0) is 0 Å². The predicted molar refractivity (Wildman–Crippen MR) is 99.4 cm³/mol. The number of likely N-dealkylation sites (N-methyl/N-ethyl adjacent to an activating group) is 1. The third kappa shape index (κ3) is 3.28. The van der Waals surface area contributed by atoms with E-state index in [1.165, 1.54) is 24.3 Å². The molecular formula is C20H20FN3O2. The van der Waals surface area contributed by atoms with Gasteiger partial charge in [0, 0.05) is 42.8 Å². The van der Waals surface area contributed by atoms with Crippen LogP contribution in [0.25, 0.3) is 10.9 Å². The van der Waals surface area contributed by atoms with Gasteiger partial charge in [-0.15, -0.1) is 0 Å². The Kier molecular flexibility index (Phi) is 4.34. The van der Waals surface area contributed by atoms with E-state index in [0.717, 1.165) is 42.8 Å². The van der Waals surface area contributed by atoms with E-state index in [-0.39, 0.29) is 5.82 Å². The highest BCUT2D eigenvalue weighted by Crippen LogP contribution is 2.29. The largest absolute Gasteiger partial charge is 0.422 e. The Labute approximate surface area is 151 Å². The van der Waals surface area contributed by atoms with E-state index < -0.39 is 5.97 Å². The number of fused-ring (bicyclic) bond motifs is 1. The van der Waals surface area contributed by atoms with Gasteiger partial charge in [0.1, 0.15) is 17.3 Å². The smallest absolute Gasteiger partial charge is 0.360 e. The Hall–Kier alpha value is -2.86. The Morgan fingerprint density at radius 1 is 1.08 bits per heavy atom. The lowest BCUT2D eigenvalue weighted by Gasteiger charge is -2.34. The molecule has 0 amide bonds. The summed E-state index contributed by atoms with van der Waals surface area (Å²) in [6.07, 6.45) is 0. The van der Waals surface area contributed by atoms with Gasteiger partial charge in [0.25, 0.3) is 0 Å². The van der Waals surface area contributed by atoms with Crippen LogP contribution in [0.5, 0.6) is 5.75 Å². The third-order valence-corrected chi connectivity index (χ3v) is 4.73. The molecule has 0 unspecified atom stereocenters. The minimum Gasteiger partial charge on any atom is -0.422 e. The zero-order valence-corrected chi connectivity index (χ0v) is 14.5. The quantitative estimate of drug-likeness (QED) is 0.580. The topological polar surface area (TPSA) is 48.6 Å². The van der Waals surface area contributed by atoms with E-state index in [2.05, 4.69) is 27.9 Å². The van der Waals surface area contributed by atoms with Gasteiger partial charge in [0.2, 0.25) is 0 Å². The second kappa shape index (κ2) is 6.80. The van der Waals surface area contributed by atoms with Gasteiger partial charge in [-0.25, -0.2) is 9.18 Å². The van der Waals surface area contributed by atoms with Gasteiger partial charge in [-0.2, -0.15) is 0 Å². The van der Waals surface area contributed by atoms with Gasteiger partial charge >= 0.3 is 5.97 Å². The van der Waals surface area contributed by atoms with Crippen LogP contribution in [0.3, 0.4) is 0 Å². The fourth-order valence-electron chi connectivity index (χ4n) is 3.24. The fraction of sp³-hybridized carbons (Fsp3) is 0.250. The summed E-state index contributed by atoms with van der Waals surface area (Å²) in [5, 5.41) is 1.00. The monoisotopic (exact) mass is 353 g/mol. The number of nitrogens with zero attached hydrogens (tertiary/aromatic N) is 2. The third-order valence-electron chi connectivity index (χ3n) is 4.73. The summed E-state index contributed by atoms with van der Waals surface area (Å²) in [5.41, 5.74) is 2.39. The first-order valence-electron chi connectivity index (χ1n) is 8.63. The number of aromatic nitrogens is 1. The molecule has 6 heteroatoms. The maximum atomic E-state index is 13.0. The van der Waals surface area contributed by atoms with Crippen molar-refractivity contribution >= 4 is 22.6 Å². The van der Waals surface area contributed by atoms with Crippen molar-refractivity contribution in [3.8, 4) is 5.75 Å². The molecular weight excluding hydrogens is 333 g/mol. The number of rotatable bonds is 3. The van der Waals surface area contributed by atoms with Crippen LogP contribution in [0.15, 0.2) is 48.5 Å². The number of hydrogen-bond donors (Lipinski definition) is 1. The summed E-state index contributed by atoms with van der Waals surface area (Å²) in [6.45, 7) is 3.94. The molecule has 0 saturated carbocycles. The number of H-pyrrole nitrogens is 1. The Bertz CT molecular complexity index is 928. The first-order chi connectivity index (χ1) is 12.6. The van der Waals surface area contributed by atoms with Crippen LogP contribution in [0.4, 0.5) is 10.1 Å². The van der Waals surface area contributed by atoms with E-state index in [9.17, 15) is 9.18 Å². The molecule has 1 saturated heterocycles. The van der Waals surface area contributed by atoms with Crippen molar-refractivity contribution in [3.05, 3.63) is 60.0 Å². The van der Waals surface area contributed by atoms with Crippen LogP contribution in [0, 0.1) is 5.82 Å². The summed E-state index contributed by atoms with van der Waals surface area (Å²) in [4.78, 5) is 20.2. The lowest BCUT2D eigenvalue weighted by atomic mass is 10.1. The summed E-state index contributed by atoms with van der Waals surface area (Å²) in [7, 11) is 2.12. The number of ether oxygens (including phenoxy) is 1. The fourth-order valence-corrected chi connectivity index (χ4v) is 3.24. The van der Waals surface area contributed by atoms with Crippen molar-refractivity contribution in [2.75, 3.05) is 38.1 Å². The minimum absolute atomic E-state index is 0.314. The van der Waals surface area contributed by atoms with Gasteiger partial charge in [0.15, 0.2) is 0 Å². The molecule has 1 aliphatic heterocycles. The highest BCUT2D eigenvalue weighted by molar-refractivity contribution is 6.00. The molecule has 4 rings (SSSR count). The van der Waals surface area contributed by atoms with Crippen molar-refractivity contribution in [3.63, 3.8) is 0 Å². The number of esters is 1. The number of halogens is 1. The highest BCUT2D eigenvalue weighted by atomic mass is 19.1. The Morgan fingerprint density at radius 3 is 2.54 bits per heavy atom. The molecule has 1 N–H and O–H groups in total. The molecule has 5 nitrogen and oxygen atoms in total. The summed E-state index contributed by atoms with van der Waals surface area (Å²) in [5.74, 6) is -0.543. The van der Waals surface area contributed by atoms with Gasteiger partial charge in [0.05, 0.1) is 0 Å². The zero-order valence-electron chi connectivity index (χ0n) is 14.5. The van der Waals surface area contributed by atoms with Crippen LogP contribution >= 0.6 is 0 Å². The van der Waals surface area contributed by atoms with Crippen molar-refractivity contribution < 1.29 is 13.9 Å². The molecule has 26 heavy (non-hydrogen) atoms. The molecule has 2 heterocycles. The molecule has 0 bridgehead atoms. The minimum atomic E-state index is -0.489. The van der Waals surface area contributed by atoms with E-state index in [0.29, 0.717) is 11.4 Å². The summed E-state index contributed by atoms with van der Waals surface area (Å²) >= 11 is 0. The number of carbonyl (C=O) groups is 1. The van der Waals surface area contributed by atoms with Gasteiger partial charge < -0.3 is 19.5 Å². The average molecular weight is 353 g/mol. The van der Waals surface area contributed by atoms with E-state index in [4.69, 9.17) is 4.74 Å². The molecule has 2 aromatic carbocycles. The maximum absolute atomic E-state index is 13.0. The lowest BCUT2D eigenvalue weighted by Crippen LogP contribution is -2.44. The molecule has 0 spiro atoms. The van der Waals surface area contributed by atoms with Crippen LogP contribution in [-0.4, -0.2) is 49.1 Å². The molecule has 0 aliphatic carbocycles. The lowest BCUT2D eigenvalue weighted by molar-refractivity contribution is 0.0729. The number of hydrogen-bond acceptors (Lipinski definition) is 4. The van der Waals surface area contributed by atoms with Crippen LogP contribution < -0.4 is 9.64 Å². The van der Waals surface area contributed by atoms with E-state index in [1.54, 1.807) is 0 Å². The summed E-state index contributed by atoms with van der Waals surface area (Å²) in [6, 6.07) is 13.2. The van der Waals surface area contributed by atoms with Crippen molar-refractivity contribution in [1.82, 2.24) is 9.88 Å². The number of piperazine rings is 1. The highest BCUT2D eigenvalue weighted by Gasteiger charge is 2.19. The second-order valence-electron chi connectivity index (χ2n) is 6.56.